The van der Waals surface area contributed by atoms with Crippen molar-refractivity contribution < 1.29 is 41.0 Å². The van der Waals surface area contributed by atoms with Crippen LogP contribution in [0.25, 0.3) is 0 Å². The largest absolute Gasteiger partial charge is 0.490 e. The number of sulfonamides is 1. The number of carbonyl (C=O) groups is 2. The van der Waals surface area contributed by atoms with E-state index in [-0.39, 0.29) is 27.8 Å². The summed E-state index contributed by atoms with van der Waals surface area (Å²) in [6.45, 7) is 7.48. The van der Waals surface area contributed by atoms with Crippen LogP contribution in [0.3, 0.4) is 0 Å². The molecule has 4 heterocycles. The zero-order valence-electron chi connectivity index (χ0n) is 26.9. The van der Waals surface area contributed by atoms with E-state index in [4.69, 9.17) is 26.2 Å². The summed E-state index contributed by atoms with van der Waals surface area (Å²) in [4.78, 5) is 26.8. The molecule has 1 aliphatic carbocycles. The first kappa shape index (κ1) is 36.7. The Bertz CT molecular complexity index is 1320. The molecule has 1 atom stereocenters. The van der Waals surface area contributed by atoms with Gasteiger partial charge in [0.15, 0.2) is 0 Å². The van der Waals surface area contributed by atoms with E-state index in [1.54, 1.807) is 18.3 Å². The molecule has 0 radical (unpaired) electrons. The first-order valence-electron chi connectivity index (χ1n) is 16.3. The van der Waals surface area contributed by atoms with Gasteiger partial charge >= 0.3 is 18.2 Å². The SMILES string of the molecule is CCCCC1N(CC2CCCCC2)C(=O)OC12CCN(C1CCN(S(=O)(=O)c3c(C)nn(C)c3Cl)CC1)CC2.O=C(O)C(F)(F)F. The van der Waals surface area contributed by atoms with Crippen molar-refractivity contribution >= 4 is 33.7 Å². The number of carboxylic acid groups (broad SMARTS) is 1. The average Bonchev–Trinajstić information content (AvgIpc) is 3.41. The Morgan fingerprint density at radius 2 is 1.67 bits per heavy atom. The summed E-state index contributed by atoms with van der Waals surface area (Å²) in [7, 11) is -2.02. The fourth-order valence-corrected chi connectivity index (χ4v) is 9.74. The zero-order chi connectivity index (χ0) is 33.9. The maximum atomic E-state index is 13.3. The highest BCUT2D eigenvalue weighted by atomic mass is 35.5. The van der Waals surface area contributed by atoms with Gasteiger partial charge in [-0.1, -0.05) is 50.6 Å². The van der Waals surface area contributed by atoms with Crippen molar-refractivity contribution in [2.45, 2.75) is 120 Å². The van der Waals surface area contributed by atoms with Gasteiger partial charge in [-0.25, -0.2) is 18.0 Å². The van der Waals surface area contributed by atoms with Crippen LogP contribution < -0.4 is 0 Å². The first-order valence-corrected chi connectivity index (χ1v) is 18.2. The fourth-order valence-electron chi connectivity index (χ4n) is 7.56. The molecule has 4 aliphatic rings. The number of aryl methyl sites for hydroxylation is 2. The molecule has 1 spiro atoms. The number of unbranched alkanes of at least 4 members (excludes halogenated alkanes) is 1. The van der Waals surface area contributed by atoms with E-state index in [9.17, 15) is 26.4 Å². The standard InChI is InChI=1S/C28H46ClN5O4S.C2HF3O2/c1-4-5-11-24-28(38-27(35)34(24)20-22-9-7-6-8-10-22)14-18-32(19-15-28)23-12-16-33(17-13-23)39(36,37)25-21(2)30-31(3)26(25)29;3-2(4,5)1(6)7/h22-24H,4-20H2,1-3H3;(H,6,7). The number of alkyl halides is 3. The van der Waals surface area contributed by atoms with Gasteiger partial charge in [0.05, 0.1) is 11.7 Å². The Balaban J connectivity index is 0.000000617. The molecular weight excluding hydrogens is 651 g/mol. The lowest BCUT2D eigenvalue weighted by atomic mass is 9.80. The van der Waals surface area contributed by atoms with Crippen LogP contribution in [-0.2, 0) is 26.6 Å². The average molecular weight is 698 g/mol. The number of piperidine rings is 2. The van der Waals surface area contributed by atoms with E-state index < -0.39 is 22.2 Å². The monoisotopic (exact) mass is 697 g/mol. The van der Waals surface area contributed by atoms with E-state index in [1.165, 1.54) is 36.8 Å². The predicted octanol–water partition coefficient (Wildman–Crippen LogP) is 5.59. The zero-order valence-corrected chi connectivity index (χ0v) is 28.5. The number of likely N-dealkylation sites (tertiary alicyclic amines) is 1. The summed E-state index contributed by atoms with van der Waals surface area (Å²) in [5.41, 5.74) is 0.0583. The Kier molecular flexibility index (Phi) is 12.0. The van der Waals surface area contributed by atoms with Crippen LogP contribution in [0, 0.1) is 12.8 Å². The highest BCUT2D eigenvalue weighted by Crippen LogP contribution is 2.43. The minimum Gasteiger partial charge on any atom is -0.475 e. The van der Waals surface area contributed by atoms with Crippen molar-refractivity contribution in [1.82, 2.24) is 23.9 Å². The third-order valence-corrected chi connectivity index (χ3v) is 12.6. The summed E-state index contributed by atoms with van der Waals surface area (Å²) in [5.74, 6) is -2.15. The second kappa shape index (κ2) is 15.0. The lowest BCUT2D eigenvalue weighted by molar-refractivity contribution is -0.192. The molecule has 1 saturated carbocycles. The lowest BCUT2D eigenvalue weighted by Gasteiger charge is -2.46. The van der Waals surface area contributed by atoms with Gasteiger partial charge in [-0.3, -0.25) is 9.58 Å². The van der Waals surface area contributed by atoms with Crippen molar-refractivity contribution in [3.05, 3.63) is 10.8 Å². The first-order chi connectivity index (χ1) is 21.6. The molecule has 0 aromatic carbocycles. The second-order valence-electron chi connectivity index (χ2n) is 13.1. The number of rotatable bonds is 8. The van der Waals surface area contributed by atoms with Gasteiger partial charge in [-0.05, 0) is 44.9 Å². The number of aromatic nitrogens is 2. The number of carboxylic acids is 1. The van der Waals surface area contributed by atoms with E-state index >= 15 is 0 Å². The minimum atomic E-state index is -5.08. The number of hydrogen-bond donors (Lipinski definition) is 1. The Morgan fingerprint density at radius 3 is 2.17 bits per heavy atom. The van der Waals surface area contributed by atoms with Crippen molar-refractivity contribution in [2.24, 2.45) is 13.0 Å². The van der Waals surface area contributed by atoms with Crippen LogP contribution in [0.4, 0.5) is 18.0 Å². The van der Waals surface area contributed by atoms with Gasteiger partial charge in [0.2, 0.25) is 10.0 Å². The number of halogens is 4. The van der Waals surface area contributed by atoms with Crippen molar-refractivity contribution in [2.75, 3.05) is 32.7 Å². The van der Waals surface area contributed by atoms with Crippen molar-refractivity contribution in [1.29, 1.82) is 0 Å². The Hall–Kier alpha value is -2.10. The summed E-state index contributed by atoms with van der Waals surface area (Å²) in [6.07, 6.45) is 7.70. The molecule has 0 bridgehead atoms. The van der Waals surface area contributed by atoms with Crippen LogP contribution in [0.1, 0.15) is 89.7 Å². The molecule has 11 nitrogen and oxygen atoms in total. The summed E-state index contributed by atoms with van der Waals surface area (Å²) >= 11 is 6.29. The minimum absolute atomic E-state index is 0.0991. The third kappa shape index (κ3) is 8.12. The van der Waals surface area contributed by atoms with Gasteiger partial charge in [0.1, 0.15) is 15.6 Å². The molecule has 262 valence electrons. The van der Waals surface area contributed by atoms with Gasteiger partial charge in [-0.15, -0.1) is 0 Å². The fraction of sp³-hybridized carbons (Fsp3) is 0.833. The van der Waals surface area contributed by atoms with Crippen molar-refractivity contribution in [3.8, 4) is 0 Å². The molecule has 1 N–H and O–H groups in total. The topological polar surface area (TPSA) is 125 Å². The van der Waals surface area contributed by atoms with E-state index in [0.29, 0.717) is 30.7 Å². The number of amides is 1. The number of hydrogen-bond acceptors (Lipinski definition) is 7. The molecule has 46 heavy (non-hydrogen) atoms. The number of carbonyl (C=O) groups excluding carboxylic acids is 1. The molecule has 4 fully saturated rings. The molecule has 1 unspecified atom stereocenters. The number of ether oxygens (including phenoxy) is 1. The number of aliphatic carboxylic acids is 1. The van der Waals surface area contributed by atoms with Crippen LogP contribution in [-0.4, -0.2) is 106 Å². The van der Waals surface area contributed by atoms with Crippen LogP contribution in [0.5, 0.6) is 0 Å². The summed E-state index contributed by atoms with van der Waals surface area (Å²) in [5, 5.41) is 11.5. The molecule has 1 amide bonds. The normalized spacial score (nSPS) is 23.8. The molecule has 1 aromatic heterocycles. The summed E-state index contributed by atoms with van der Waals surface area (Å²) in [6, 6.07) is 0.511. The highest BCUT2D eigenvalue weighted by Gasteiger charge is 2.55. The predicted molar refractivity (Wildman–Crippen MR) is 165 cm³/mol. The van der Waals surface area contributed by atoms with Crippen LogP contribution >= 0.6 is 11.6 Å². The van der Waals surface area contributed by atoms with Gasteiger partial charge in [0, 0.05) is 58.7 Å². The van der Waals surface area contributed by atoms with E-state index in [0.717, 1.165) is 64.6 Å². The van der Waals surface area contributed by atoms with E-state index in [1.807, 2.05) is 0 Å². The highest BCUT2D eigenvalue weighted by molar-refractivity contribution is 7.89. The molecule has 5 rings (SSSR count). The van der Waals surface area contributed by atoms with E-state index in [2.05, 4.69) is 21.8 Å². The van der Waals surface area contributed by atoms with Crippen LogP contribution in [0.2, 0.25) is 5.15 Å². The lowest BCUT2D eigenvalue weighted by Crippen LogP contribution is -2.56. The Labute approximate surface area is 274 Å². The third-order valence-electron chi connectivity index (χ3n) is 10.0. The molecule has 3 saturated heterocycles. The quantitative estimate of drug-likeness (QED) is 0.373. The second-order valence-corrected chi connectivity index (χ2v) is 15.3. The summed E-state index contributed by atoms with van der Waals surface area (Å²) < 4.78 is 67.7. The smallest absolute Gasteiger partial charge is 0.475 e. The maximum Gasteiger partial charge on any atom is 0.490 e. The maximum absolute atomic E-state index is 13.3. The van der Waals surface area contributed by atoms with Gasteiger partial charge in [-0.2, -0.15) is 22.6 Å². The molecule has 1 aromatic rings. The molecule has 3 aliphatic heterocycles. The molecular formula is C30H47ClF3N5O6S. The van der Waals surface area contributed by atoms with Crippen LogP contribution in [0.15, 0.2) is 4.90 Å². The Morgan fingerprint density at radius 1 is 1.09 bits per heavy atom. The molecule has 16 heteroatoms. The van der Waals surface area contributed by atoms with Gasteiger partial charge < -0.3 is 14.7 Å². The number of nitrogens with zero attached hydrogens (tertiary/aromatic N) is 5. The van der Waals surface area contributed by atoms with Gasteiger partial charge in [0.25, 0.3) is 0 Å². The van der Waals surface area contributed by atoms with Crippen molar-refractivity contribution in [3.63, 3.8) is 0 Å².